The first-order valence-corrected chi connectivity index (χ1v) is 15.3. The Balaban J connectivity index is 1.19. The molecule has 4 aliphatic heterocycles. The van der Waals surface area contributed by atoms with Crippen molar-refractivity contribution in [2.24, 2.45) is 34.8 Å². The van der Waals surface area contributed by atoms with Gasteiger partial charge in [-0.25, -0.2) is 0 Å². The van der Waals surface area contributed by atoms with Crippen LogP contribution in [0.3, 0.4) is 0 Å². The van der Waals surface area contributed by atoms with Crippen LogP contribution in [0.4, 0.5) is 0 Å². The molecule has 0 spiro atoms. The highest BCUT2D eigenvalue weighted by molar-refractivity contribution is 7.98. The normalized spacial score (nSPS) is 36.2. The summed E-state index contributed by atoms with van der Waals surface area (Å²) in [5, 5.41) is 10.2. The molecule has 12 N–H and O–H groups in total. The Kier molecular flexibility index (Phi) is 10.2. The number of fused-ring (bicyclic) bond motifs is 1. The monoisotopic (exact) mass is 583 g/mol. The minimum Gasteiger partial charge on any atom is -0.472 e. The summed E-state index contributed by atoms with van der Waals surface area (Å²) in [6.45, 7) is 3.42. The van der Waals surface area contributed by atoms with Gasteiger partial charge in [-0.3, -0.25) is 24.9 Å². The zero-order chi connectivity index (χ0) is 28.2. The molecule has 40 heavy (non-hydrogen) atoms. The number of nitrogens with two attached hydrogens (primary N) is 4. The van der Waals surface area contributed by atoms with E-state index >= 15 is 0 Å². The van der Waals surface area contributed by atoms with E-state index in [2.05, 4.69) is 25.6 Å². The van der Waals surface area contributed by atoms with Crippen molar-refractivity contribution in [1.82, 2.24) is 25.6 Å². The van der Waals surface area contributed by atoms with Crippen LogP contribution in [0.15, 0.2) is 12.0 Å². The highest BCUT2D eigenvalue weighted by Gasteiger charge is 2.51. The molecule has 226 valence electrons. The molecule has 0 aromatic rings. The van der Waals surface area contributed by atoms with Gasteiger partial charge in [0, 0.05) is 49.9 Å². The number of carbonyl (C=O) groups is 2. The van der Waals surface area contributed by atoms with Crippen molar-refractivity contribution in [2.45, 2.75) is 80.1 Å². The van der Waals surface area contributed by atoms with Crippen LogP contribution in [-0.4, -0.2) is 104 Å². The van der Waals surface area contributed by atoms with Crippen molar-refractivity contribution in [3.8, 4) is 0 Å². The fourth-order valence-corrected chi connectivity index (χ4v) is 7.46. The van der Waals surface area contributed by atoms with Crippen LogP contribution >= 0.6 is 11.9 Å². The van der Waals surface area contributed by atoms with Crippen molar-refractivity contribution in [3.63, 3.8) is 0 Å². The fraction of sp³-hybridized carbons (Fsp3) is 0.840. The maximum atomic E-state index is 12.9. The van der Waals surface area contributed by atoms with Gasteiger partial charge < -0.3 is 47.4 Å². The van der Waals surface area contributed by atoms with Crippen LogP contribution in [0.1, 0.15) is 32.1 Å². The first-order valence-electron chi connectivity index (χ1n) is 14.4. The summed E-state index contributed by atoms with van der Waals surface area (Å²) in [6.07, 6.45) is 4.09. The van der Waals surface area contributed by atoms with Crippen LogP contribution in [-0.2, 0) is 23.8 Å². The molecule has 9 atom stereocenters. The number of hydrogen-bond donors (Lipinski definition) is 8. The number of nitrogens with one attached hydrogen (secondary N) is 4. The first kappa shape index (κ1) is 29.9. The van der Waals surface area contributed by atoms with E-state index < -0.39 is 30.3 Å². The molecule has 5 aliphatic rings. The van der Waals surface area contributed by atoms with Crippen LogP contribution in [0.2, 0.25) is 0 Å². The molecular formula is C25H45N9O5S. The molecular weight excluding hydrogens is 538 g/mol. The van der Waals surface area contributed by atoms with Gasteiger partial charge >= 0.3 is 0 Å². The number of nitrogens with zero attached hydrogens (tertiary/aromatic N) is 1. The van der Waals surface area contributed by atoms with Gasteiger partial charge in [-0.05, 0) is 19.3 Å². The van der Waals surface area contributed by atoms with Gasteiger partial charge in [0.25, 0.3) is 0 Å². The standard InChI is InChI=1S/C25H45N9O5S/c26-14-3-1-2-4-15(14)30-12-31-25(20(23(27)28)24(29)36)32-18-9-16(33-40-18)13-11-38-22-17(35)10-19(39-21(13)22)34-5-7-37-8-6-34/h10,13-16,18,20-23,25,30-33H,1-9,11-12,26-28H2,(H2,29,36)/t13?,14-,15+,16?,18?,20?,21?,22?,25?/m1/s1. The lowest BCUT2D eigenvalue weighted by Gasteiger charge is -2.37. The molecule has 0 aromatic carbocycles. The molecule has 1 aliphatic carbocycles. The summed E-state index contributed by atoms with van der Waals surface area (Å²) >= 11 is 1.52. The van der Waals surface area contributed by atoms with E-state index in [0.29, 0.717) is 51.9 Å². The number of carbonyl (C=O) groups excluding carboxylic acids is 2. The van der Waals surface area contributed by atoms with Crippen LogP contribution in [0, 0.1) is 11.8 Å². The highest BCUT2D eigenvalue weighted by atomic mass is 32.2. The lowest BCUT2D eigenvalue weighted by atomic mass is 9.89. The van der Waals surface area contributed by atoms with Gasteiger partial charge in [0.15, 0.2) is 17.8 Å². The molecule has 0 bridgehead atoms. The summed E-state index contributed by atoms with van der Waals surface area (Å²) in [5.41, 5.74) is 24.0. The van der Waals surface area contributed by atoms with E-state index in [1.54, 1.807) is 6.08 Å². The third-order valence-electron chi connectivity index (χ3n) is 8.63. The minimum atomic E-state index is -0.939. The molecule has 14 nitrogen and oxygen atoms in total. The Morgan fingerprint density at radius 1 is 1.23 bits per heavy atom. The average molecular weight is 584 g/mol. The minimum absolute atomic E-state index is 0.0203. The van der Waals surface area contributed by atoms with Crippen LogP contribution in [0.5, 0.6) is 0 Å². The summed E-state index contributed by atoms with van der Waals surface area (Å²) in [7, 11) is 0. The van der Waals surface area contributed by atoms with E-state index in [9.17, 15) is 9.59 Å². The molecule has 15 heteroatoms. The second kappa shape index (κ2) is 13.6. The van der Waals surface area contributed by atoms with Gasteiger partial charge in [0.1, 0.15) is 6.10 Å². The average Bonchev–Trinajstić information content (AvgIpc) is 3.57. The summed E-state index contributed by atoms with van der Waals surface area (Å²) in [5.74, 6) is -0.897. The van der Waals surface area contributed by atoms with E-state index in [-0.39, 0.29) is 41.3 Å². The first-order chi connectivity index (χ1) is 19.3. The van der Waals surface area contributed by atoms with E-state index in [4.69, 9.17) is 37.1 Å². The smallest absolute Gasteiger partial charge is 0.226 e. The number of ether oxygens (including phenoxy) is 3. The molecule has 1 amide bonds. The number of amides is 1. The van der Waals surface area contributed by atoms with E-state index in [0.717, 1.165) is 25.7 Å². The topological polar surface area (TPSA) is 217 Å². The predicted octanol–water partition coefficient (Wildman–Crippen LogP) is -2.85. The number of primary amides is 1. The van der Waals surface area contributed by atoms with Gasteiger partial charge in [-0.1, -0.05) is 24.8 Å². The number of ketones is 1. The number of rotatable bonds is 11. The summed E-state index contributed by atoms with van der Waals surface area (Å²) < 4.78 is 21.2. The van der Waals surface area contributed by atoms with Crippen molar-refractivity contribution < 1.29 is 23.8 Å². The summed E-state index contributed by atoms with van der Waals surface area (Å²) in [6, 6.07) is 0.329. The van der Waals surface area contributed by atoms with Gasteiger partial charge in [-0.15, -0.1) is 0 Å². The third kappa shape index (κ3) is 6.91. The molecule has 5 rings (SSSR count). The Labute approximate surface area is 239 Å². The van der Waals surface area contributed by atoms with Crippen LogP contribution < -0.4 is 43.6 Å². The predicted molar refractivity (Wildman–Crippen MR) is 150 cm³/mol. The van der Waals surface area contributed by atoms with Crippen molar-refractivity contribution in [2.75, 3.05) is 39.6 Å². The maximum absolute atomic E-state index is 12.9. The van der Waals surface area contributed by atoms with Gasteiger partial charge in [0.05, 0.1) is 43.4 Å². The Morgan fingerprint density at radius 2 is 2.00 bits per heavy atom. The number of morpholine rings is 1. The molecule has 7 unspecified atom stereocenters. The zero-order valence-corrected chi connectivity index (χ0v) is 23.7. The largest absolute Gasteiger partial charge is 0.472 e. The van der Waals surface area contributed by atoms with Gasteiger partial charge in [0.2, 0.25) is 5.91 Å². The zero-order valence-electron chi connectivity index (χ0n) is 22.8. The highest BCUT2D eigenvalue weighted by Crippen LogP contribution is 2.38. The second-order valence-corrected chi connectivity index (χ2v) is 12.4. The van der Waals surface area contributed by atoms with Crippen LogP contribution in [0.25, 0.3) is 0 Å². The fourth-order valence-electron chi connectivity index (χ4n) is 6.33. The van der Waals surface area contributed by atoms with Gasteiger partial charge in [-0.2, -0.15) is 0 Å². The van der Waals surface area contributed by atoms with E-state index in [1.165, 1.54) is 11.9 Å². The third-order valence-corrected chi connectivity index (χ3v) is 9.69. The Morgan fingerprint density at radius 3 is 2.73 bits per heavy atom. The lowest BCUT2D eigenvalue weighted by molar-refractivity contribution is -0.133. The number of hydrogen-bond acceptors (Lipinski definition) is 14. The molecule has 0 radical (unpaired) electrons. The SMILES string of the molecule is NC(=O)C(C(N)N)C(NCN[C@H]1CCCC[C@H]1N)NC1CC(C2COC3C(=O)C=C(N4CCOCC4)OC32)NS1. The Bertz CT molecular complexity index is 923. The molecule has 3 saturated heterocycles. The maximum Gasteiger partial charge on any atom is 0.226 e. The van der Waals surface area contributed by atoms with Crippen molar-refractivity contribution in [1.29, 1.82) is 0 Å². The van der Waals surface area contributed by atoms with Crippen molar-refractivity contribution >= 4 is 23.6 Å². The molecule has 1 saturated carbocycles. The van der Waals surface area contributed by atoms with Crippen molar-refractivity contribution in [3.05, 3.63) is 12.0 Å². The Hall–Kier alpha value is -1.53. The molecule has 4 heterocycles. The molecule has 4 fully saturated rings. The summed E-state index contributed by atoms with van der Waals surface area (Å²) in [4.78, 5) is 27.3. The van der Waals surface area contributed by atoms with E-state index in [1.807, 2.05) is 0 Å². The quantitative estimate of drug-likeness (QED) is 0.0907. The lowest BCUT2D eigenvalue weighted by Crippen LogP contribution is -2.63. The second-order valence-electron chi connectivity index (χ2n) is 11.3. The molecule has 0 aromatic heterocycles.